The fourth-order valence-electron chi connectivity index (χ4n) is 8.47. The Bertz CT molecular complexity index is 1980. The molecule has 7 rings (SSSR count). The summed E-state index contributed by atoms with van der Waals surface area (Å²) in [5.41, 5.74) is 3.18. The fraction of sp³-hybridized carbons (Fsp3) is 0.513. The number of pyridine rings is 1. The summed E-state index contributed by atoms with van der Waals surface area (Å²) in [6.45, 7) is 7.86. The highest BCUT2D eigenvalue weighted by molar-refractivity contribution is 9.10. The Hall–Kier alpha value is -4.19. The highest BCUT2D eigenvalue weighted by atomic mass is 79.9. The zero-order valence-electron chi connectivity index (χ0n) is 29.9. The predicted octanol–water partition coefficient (Wildman–Crippen LogP) is 7.62. The van der Waals surface area contributed by atoms with Crippen molar-refractivity contribution in [2.24, 2.45) is 11.3 Å². The van der Waals surface area contributed by atoms with Gasteiger partial charge in [0.25, 0.3) is 0 Å². The minimum atomic E-state index is -0.644. The summed E-state index contributed by atoms with van der Waals surface area (Å²) in [5, 5.41) is 8.38. The molecule has 4 aromatic rings. The third-order valence-electron chi connectivity index (χ3n) is 11.3. The number of ether oxygens (including phenoxy) is 1. The molecule has 11 nitrogen and oxygen atoms in total. The van der Waals surface area contributed by atoms with Crippen molar-refractivity contribution in [1.82, 2.24) is 29.6 Å². The van der Waals surface area contributed by atoms with Crippen LogP contribution in [0.4, 0.5) is 5.82 Å². The van der Waals surface area contributed by atoms with E-state index >= 15 is 0 Å². The number of nitrogens with one attached hydrogen (secondary N) is 1. The number of halogens is 1. The number of anilines is 1. The highest BCUT2D eigenvalue weighted by Crippen LogP contribution is 2.67. The highest BCUT2D eigenvalue weighted by Gasteiger charge is 2.71. The summed E-state index contributed by atoms with van der Waals surface area (Å²) in [4.78, 5) is 56.8. The van der Waals surface area contributed by atoms with Gasteiger partial charge in [0.15, 0.2) is 5.78 Å². The average molecular weight is 757 g/mol. The minimum absolute atomic E-state index is 0.0379. The fourth-order valence-corrected chi connectivity index (χ4v) is 8.78. The maximum absolute atomic E-state index is 14.6. The van der Waals surface area contributed by atoms with E-state index in [4.69, 9.17) is 9.84 Å². The van der Waals surface area contributed by atoms with Gasteiger partial charge in [-0.05, 0) is 78.1 Å². The van der Waals surface area contributed by atoms with Crippen LogP contribution in [0.15, 0.2) is 41.3 Å². The van der Waals surface area contributed by atoms with Gasteiger partial charge in [-0.25, -0.2) is 15.0 Å². The summed E-state index contributed by atoms with van der Waals surface area (Å²) in [6, 6.07) is 6.85. The van der Waals surface area contributed by atoms with Crippen LogP contribution >= 0.6 is 15.9 Å². The summed E-state index contributed by atoms with van der Waals surface area (Å²) in [5.74, 6) is 1.41. The molecule has 3 aliphatic rings. The van der Waals surface area contributed by atoms with Crippen LogP contribution in [0, 0.1) is 25.2 Å². The summed E-state index contributed by atoms with van der Waals surface area (Å²) in [7, 11) is 0. The third kappa shape index (κ3) is 6.91. The van der Waals surface area contributed by atoms with E-state index in [0.29, 0.717) is 45.9 Å². The lowest BCUT2D eigenvalue weighted by molar-refractivity contribution is -0.138. The Balaban J connectivity index is 1.28. The Morgan fingerprint density at radius 3 is 2.43 bits per heavy atom. The first-order valence-corrected chi connectivity index (χ1v) is 19.1. The molecule has 2 fully saturated rings. The summed E-state index contributed by atoms with van der Waals surface area (Å²) >= 11 is 3.42. The number of nitrogens with zero attached hydrogens (tertiary/aromatic N) is 6. The van der Waals surface area contributed by atoms with Crippen LogP contribution in [-0.4, -0.2) is 65.9 Å². The largest absolute Gasteiger partial charge is 0.493 e. The van der Waals surface area contributed by atoms with E-state index in [1.807, 2.05) is 43.0 Å². The maximum Gasteiger partial charge on any atom is 0.248 e. The molecule has 4 bridgehead atoms. The standard InChI is InChI=1S/C39H46BrN7O4/c1-23-13-14-33(40)43-37(23)44-38(50)31-19-39-15-11-9-7-5-6-8-10-12-16-51-32-18-30-29(17-28(32)27-20-41-26(4)42-21-27)35(25(3)48)45-46(30)22-34(49)47(31)36(39)24(39)2/h13-14,17-18,20-21,24,31,36H,5-12,15-16,19,22H2,1-4H3,(H,43,44,50)/t24?,31-,36?,39-/m0/s1. The monoisotopic (exact) mass is 755 g/mol. The van der Waals surface area contributed by atoms with Gasteiger partial charge in [0.1, 0.15) is 40.3 Å². The zero-order chi connectivity index (χ0) is 35.9. The van der Waals surface area contributed by atoms with Gasteiger partial charge in [0, 0.05) is 47.9 Å². The van der Waals surface area contributed by atoms with Crippen molar-refractivity contribution in [3.63, 3.8) is 0 Å². The molecular weight excluding hydrogens is 710 g/mol. The first-order valence-electron chi connectivity index (χ1n) is 18.3. The molecule has 1 saturated heterocycles. The van der Waals surface area contributed by atoms with Crippen LogP contribution in [0.25, 0.3) is 22.0 Å². The number of amides is 2. The second-order valence-electron chi connectivity index (χ2n) is 14.7. The van der Waals surface area contributed by atoms with Crippen LogP contribution in [0.3, 0.4) is 0 Å². The third-order valence-corrected chi connectivity index (χ3v) is 11.8. The Labute approximate surface area is 307 Å². The number of hydrogen-bond acceptors (Lipinski definition) is 8. The van der Waals surface area contributed by atoms with E-state index in [2.05, 4.69) is 43.1 Å². The number of carbonyl (C=O) groups excluding carboxylic acids is 3. The van der Waals surface area contributed by atoms with Gasteiger partial charge in [0.05, 0.1) is 12.1 Å². The molecule has 2 unspecified atom stereocenters. The molecule has 51 heavy (non-hydrogen) atoms. The van der Waals surface area contributed by atoms with Crippen molar-refractivity contribution in [2.75, 3.05) is 11.9 Å². The maximum atomic E-state index is 14.6. The quantitative estimate of drug-likeness (QED) is 0.166. The molecule has 1 saturated carbocycles. The molecule has 1 aliphatic carbocycles. The molecule has 5 heterocycles. The molecule has 12 heteroatoms. The Morgan fingerprint density at radius 1 is 1.00 bits per heavy atom. The minimum Gasteiger partial charge on any atom is -0.493 e. The average Bonchev–Trinajstić information content (AvgIpc) is 3.36. The normalized spacial score (nSPS) is 24.2. The lowest BCUT2D eigenvalue weighted by atomic mass is 9.89. The van der Waals surface area contributed by atoms with Crippen molar-refractivity contribution >= 4 is 50.2 Å². The number of piperidine rings is 1. The van der Waals surface area contributed by atoms with Crippen molar-refractivity contribution in [3.05, 3.63) is 58.3 Å². The molecular formula is C39H46BrN7O4. The van der Waals surface area contributed by atoms with Crippen LogP contribution in [0.2, 0.25) is 0 Å². The number of Topliss-reactive ketones (excluding diaryl/α,β-unsaturated/α-hetero) is 1. The van der Waals surface area contributed by atoms with E-state index in [1.54, 1.807) is 17.1 Å². The number of benzene rings is 1. The molecule has 268 valence electrons. The SMILES string of the molecule is CC(=O)c1nn2c3cc(c(-c4cnc(C)nc4)cc13)OCCCCCCCCCC[C@@]13C[C@@H](C(=O)Nc4nc(Br)ccc4C)N(C(=O)C2)C1C3C. The second-order valence-corrected chi connectivity index (χ2v) is 15.5. The van der Waals surface area contributed by atoms with Crippen molar-refractivity contribution in [1.29, 1.82) is 0 Å². The van der Waals surface area contributed by atoms with Gasteiger partial charge in [0.2, 0.25) is 11.8 Å². The van der Waals surface area contributed by atoms with Gasteiger partial charge in [-0.2, -0.15) is 5.10 Å². The molecule has 1 aromatic carbocycles. The van der Waals surface area contributed by atoms with E-state index in [1.165, 1.54) is 32.6 Å². The molecule has 3 aromatic heterocycles. The number of aryl methyl sites for hydroxylation is 2. The van der Waals surface area contributed by atoms with E-state index in [0.717, 1.165) is 48.8 Å². The van der Waals surface area contributed by atoms with Crippen molar-refractivity contribution < 1.29 is 19.1 Å². The van der Waals surface area contributed by atoms with Gasteiger partial charge in [-0.15, -0.1) is 0 Å². The van der Waals surface area contributed by atoms with Crippen LogP contribution in [-0.2, 0) is 16.1 Å². The van der Waals surface area contributed by atoms with E-state index in [-0.39, 0.29) is 47.2 Å². The van der Waals surface area contributed by atoms with Crippen LogP contribution < -0.4 is 10.1 Å². The molecule has 4 atom stereocenters. The molecule has 1 N–H and O–H groups in total. The van der Waals surface area contributed by atoms with Crippen molar-refractivity contribution in [3.8, 4) is 16.9 Å². The smallest absolute Gasteiger partial charge is 0.248 e. The van der Waals surface area contributed by atoms with Gasteiger partial charge in [-0.1, -0.05) is 57.9 Å². The molecule has 2 amide bonds. The molecule has 2 aliphatic heterocycles. The lowest BCUT2D eigenvalue weighted by Gasteiger charge is -2.28. The van der Waals surface area contributed by atoms with Gasteiger partial charge in [-0.3, -0.25) is 19.1 Å². The molecule has 0 radical (unpaired) electrons. The molecule has 0 spiro atoms. The Kier molecular flexibility index (Phi) is 9.97. The predicted molar refractivity (Wildman–Crippen MR) is 198 cm³/mol. The number of fused-ring (bicyclic) bond motifs is 1. The topological polar surface area (TPSA) is 132 Å². The first kappa shape index (κ1) is 35.2. The number of aromatic nitrogens is 5. The Morgan fingerprint density at radius 2 is 1.71 bits per heavy atom. The van der Waals surface area contributed by atoms with Gasteiger partial charge >= 0.3 is 0 Å². The van der Waals surface area contributed by atoms with E-state index < -0.39 is 6.04 Å². The van der Waals surface area contributed by atoms with Crippen molar-refractivity contribution in [2.45, 2.75) is 111 Å². The van der Waals surface area contributed by atoms with Gasteiger partial charge < -0.3 is 15.0 Å². The number of carbonyl (C=O) groups is 3. The summed E-state index contributed by atoms with van der Waals surface area (Å²) < 4.78 is 8.66. The zero-order valence-corrected chi connectivity index (χ0v) is 31.5. The number of hydrogen-bond donors (Lipinski definition) is 1. The van der Waals surface area contributed by atoms with Crippen LogP contribution in [0.5, 0.6) is 5.75 Å². The first-order chi connectivity index (χ1) is 24.6. The summed E-state index contributed by atoms with van der Waals surface area (Å²) in [6.07, 6.45) is 14.1. The second kappa shape index (κ2) is 14.4. The number of ketones is 1. The van der Waals surface area contributed by atoms with E-state index in [9.17, 15) is 14.4 Å². The lowest BCUT2D eigenvalue weighted by Crippen LogP contribution is -2.47. The van der Waals surface area contributed by atoms with Crippen LogP contribution in [0.1, 0.15) is 99.9 Å². The number of rotatable bonds is 4.